The van der Waals surface area contributed by atoms with Crippen LogP contribution in [0.1, 0.15) is 17.3 Å². The number of rotatable bonds is 3. The summed E-state index contributed by atoms with van der Waals surface area (Å²) >= 11 is 0. The lowest BCUT2D eigenvalue weighted by atomic mass is 10.2. The van der Waals surface area contributed by atoms with Crippen LogP contribution >= 0.6 is 0 Å². The summed E-state index contributed by atoms with van der Waals surface area (Å²) in [5.41, 5.74) is 5.88. The lowest BCUT2D eigenvalue weighted by Crippen LogP contribution is -2.05. The molecular weight excluding hydrogens is 240 g/mol. The molecule has 2 aromatic rings. The van der Waals surface area contributed by atoms with Crippen LogP contribution in [-0.4, -0.2) is 4.98 Å². The second kappa shape index (κ2) is 4.64. The number of nitrogens with zero attached hydrogens (tertiary/aromatic N) is 1. The van der Waals surface area contributed by atoms with Crippen LogP contribution in [0.2, 0.25) is 0 Å². The number of aryl methyl sites for hydroxylation is 2. The minimum absolute atomic E-state index is 0.0402. The fourth-order valence-corrected chi connectivity index (χ4v) is 1.54. The van der Waals surface area contributed by atoms with Gasteiger partial charge in [0.05, 0.1) is 12.2 Å². The minimum atomic E-state index is -0.743. The number of nitrogen functional groups attached to an aromatic ring is 1. The average Bonchev–Trinajstić information content (AvgIpc) is 2.56. The van der Waals surface area contributed by atoms with Gasteiger partial charge in [-0.15, -0.1) is 0 Å². The molecule has 0 amide bonds. The first-order chi connectivity index (χ1) is 8.47. The molecule has 1 aromatic carbocycles. The standard InChI is InChI=1S/C12H13F2N3O/c1-6-7(2)18-11(17-6)5-16-12-9(13)3-8(15)4-10(12)14/h3-4,16H,5,15H2,1-2H3. The predicted molar refractivity (Wildman–Crippen MR) is 64.1 cm³/mol. The van der Waals surface area contributed by atoms with Crippen molar-refractivity contribution in [1.29, 1.82) is 0 Å². The zero-order valence-corrected chi connectivity index (χ0v) is 10.1. The Hall–Kier alpha value is -2.11. The molecule has 0 spiro atoms. The highest BCUT2D eigenvalue weighted by molar-refractivity contribution is 5.53. The van der Waals surface area contributed by atoms with Gasteiger partial charge in [-0.25, -0.2) is 13.8 Å². The molecule has 0 saturated heterocycles. The Morgan fingerprint density at radius 3 is 2.39 bits per heavy atom. The molecule has 0 atom stereocenters. The van der Waals surface area contributed by atoms with Crippen molar-refractivity contribution in [2.24, 2.45) is 0 Å². The molecular formula is C12H13F2N3O. The molecule has 1 aromatic heterocycles. The molecule has 0 radical (unpaired) electrons. The summed E-state index contributed by atoms with van der Waals surface area (Å²) < 4.78 is 32.2. The molecule has 18 heavy (non-hydrogen) atoms. The Kier molecular flexibility index (Phi) is 3.18. The van der Waals surface area contributed by atoms with Crippen molar-refractivity contribution in [2.75, 3.05) is 11.1 Å². The van der Waals surface area contributed by atoms with Gasteiger partial charge in [-0.2, -0.15) is 0 Å². The zero-order valence-electron chi connectivity index (χ0n) is 10.1. The van der Waals surface area contributed by atoms with Gasteiger partial charge in [0, 0.05) is 5.69 Å². The Morgan fingerprint density at radius 2 is 1.89 bits per heavy atom. The lowest BCUT2D eigenvalue weighted by molar-refractivity contribution is 0.477. The van der Waals surface area contributed by atoms with E-state index in [2.05, 4.69) is 10.3 Å². The van der Waals surface area contributed by atoms with E-state index in [-0.39, 0.29) is 17.9 Å². The second-order valence-corrected chi connectivity index (χ2v) is 3.96. The number of nitrogens with two attached hydrogens (primary N) is 1. The van der Waals surface area contributed by atoms with Gasteiger partial charge in [0.25, 0.3) is 0 Å². The summed E-state index contributed by atoms with van der Waals surface area (Å²) in [6.45, 7) is 3.68. The van der Waals surface area contributed by atoms with Crippen LogP contribution in [0.5, 0.6) is 0 Å². The second-order valence-electron chi connectivity index (χ2n) is 3.96. The van der Waals surface area contributed by atoms with Gasteiger partial charge in [0.15, 0.2) is 11.6 Å². The number of aromatic nitrogens is 1. The lowest BCUT2D eigenvalue weighted by Gasteiger charge is -2.07. The molecule has 0 fully saturated rings. The maximum Gasteiger partial charge on any atom is 0.213 e. The highest BCUT2D eigenvalue weighted by Gasteiger charge is 2.12. The Labute approximate surface area is 103 Å². The van der Waals surface area contributed by atoms with Gasteiger partial charge < -0.3 is 15.5 Å². The molecule has 2 rings (SSSR count). The van der Waals surface area contributed by atoms with Gasteiger partial charge in [-0.05, 0) is 26.0 Å². The number of hydrogen-bond donors (Lipinski definition) is 2. The quantitative estimate of drug-likeness (QED) is 0.825. The van der Waals surface area contributed by atoms with E-state index in [1.165, 1.54) is 0 Å². The maximum absolute atomic E-state index is 13.5. The third-order valence-electron chi connectivity index (χ3n) is 2.55. The monoisotopic (exact) mass is 253 g/mol. The van der Waals surface area contributed by atoms with Crippen LogP contribution in [0.3, 0.4) is 0 Å². The molecule has 0 bridgehead atoms. The number of hydrogen-bond acceptors (Lipinski definition) is 4. The minimum Gasteiger partial charge on any atom is -0.444 e. The van der Waals surface area contributed by atoms with Crippen LogP contribution < -0.4 is 11.1 Å². The van der Waals surface area contributed by atoms with Gasteiger partial charge in [-0.1, -0.05) is 0 Å². The van der Waals surface area contributed by atoms with E-state index in [4.69, 9.17) is 10.2 Å². The van der Waals surface area contributed by atoms with Crippen LogP contribution in [0.15, 0.2) is 16.5 Å². The highest BCUT2D eigenvalue weighted by Crippen LogP contribution is 2.22. The molecule has 0 aliphatic carbocycles. The van der Waals surface area contributed by atoms with Crippen molar-refractivity contribution >= 4 is 11.4 Å². The van der Waals surface area contributed by atoms with Crippen LogP contribution in [0.4, 0.5) is 20.2 Å². The number of benzene rings is 1. The third-order valence-corrected chi connectivity index (χ3v) is 2.55. The third kappa shape index (κ3) is 2.42. The fourth-order valence-electron chi connectivity index (χ4n) is 1.54. The Balaban J connectivity index is 2.15. The van der Waals surface area contributed by atoms with Crippen molar-refractivity contribution in [3.8, 4) is 0 Å². The summed E-state index contributed by atoms with van der Waals surface area (Å²) in [5, 5.41) is 2.60. The summed E-state index contributed by atoms with van der Waals surface area (Å²) in [6, 6.07) is 2.11. The molecule has 3 N–H and O–H groups in total. The van der Waals surface area contributed by atoms with Crippen molar-refractivity contribution in [3.63, 3.8) is 0 Å². The predicted octanol–water partition coefficient (Wildman–Crippen LogP) is 2.76. The van der Waals surface area contributed by atoms with Gasteiger partial charge in [-0.3, -0.25) is 0 Å². The Morgan fingerprint density at radius 1 is 1.28 bits per heavy atom. The molecule has 1 heterocycles. The summed E-state index contributed by atoms with van der Waals surface area (Å²) in [6.07, 6.45) is 0. The zero-order chi connectivity index (χ0) is 13.3. The number of anilines is 2. The topological polar surface area (TPSA) is 64.1 Å². The molecule has 4 nitrogen and oxygen atoms in total. The number of halogens is 2. The first-order valence-electron chi connectivity index (χ1n) is 5.38. The van der Waals surface area contributed by atoms with E-state index in [1.807, 2.05) is 0 Å². The van der Waals surface area contributed by atoms with E-state index in [1.54, 1.807) is 13.8 Å². The average molecular weight is 253 g/mol. The summed E-state index contributed by atoms with van der Waals surface area (Å²) in [5.74, 6) is -0.425. The van der Waals surface area contributed by atoms with Gasteiger partial charge in [0.1, 0.15) is 11.4 Å². The van der Waals surface area contributed by atoms with E-state index in [9.17, 15) is 8.78 Å². The van der Waals surface area contributed by atoms with Crippen LogP contribution in [0, 0.1) is 25.5 Å². The molecule has 0 unspecified atom stereocenters. The molecule has 96 valence electrons. The van der Waals surface area contributed by atoms with Crippen molar-refractivity contribution in [2.45, 2.75) is 20.4 Å². The number of oxazole rings is 1. The fraction of sp³-hybridized carbons (Fsp3) is 0.250. The van der Waals surface area contributed by atoms with Crippen molar-refractivity contribution in [1.82, 2.24) is 4.98 Å². The molecule has 0 saturated carbocycles. The molecule has 6 heteroatoms. The van der Waals surface area contributed by atoms with Crippen LogP contribution in [0.25, 0.3) is 0 Å². The highest BCUT2D eigenvalue weighted by atomic mass is 19.1. The summed E-state index contributed by atoms with van der Waals surface area (Å²) in [4.78, 5) is 4.10. The van der Waals surface area contributed by atoms with Crippen LogP contribution in [-0.2, 0) is 6.54 Å². The van der Waals surface area contributed by atoms with Crippen molar-refractivity contribution in [3.05, 3.63) is 41.1 Å². The smallest absolute Gasteiger partial charge is 0.213 e. The van der Waals surface area contributed by atoms with E-state index >= 15 is 0 Å². The maximum atomic E-state index is 13.5. The van der Waals surface area contributed by atoms with Gasteiger partial charge >= 0.3 is 0 Å². The van der Waals surface area contributed by atoms with Crippen molar-refractivity contribution < 1.29 is 13.2 Å². The van der Waals surface area contributed by atoms with E-state index < -0.39 is 11.6 Å². The normalized spacial score (nSPS) is 10.7. The number of nitrogens with one attached hydrogen (secondary N) is 1. The SMILES string of the molecule is Cc1nc(CNc2c(F)cc(N)cc2F)oc1C. The summed E-state index contributed by atoms with van der Waals surface area (Å²) in [7, 11) is 0. The van der Waals surface area contributed by atoms with Gasteiger partial charge in [0.2, 0.25) is 5.89 Å². The van der Waals surface area contributed by atoms with E-state index in [0.29, 0.717) is 11.7 Å². The van der Waals surface area contributed by atoms with E-state index in [0.717, 1.165) is 17.8 Å². The largest absolute Gasteiger partial charge is 0.444 e. The molecule has 0 aliphatic heterocycles. The first kappa shape index (κ1) is 12.3. The Bertz CT molecular complexity index is 538. The molecule has 0 aliphatic rings. The first-order valence-corrected chi connectivity index (χ1v) is 5.38.